The average Bonchev–Trinajstić information content (AvgIpc) is 2.45. The van der Waals surface area contributed by atoms with Crippen LogP contribution in [0.1, 0.15) is 55.5 Å². The number of carbonyl (C=O) groups is 1. The van der Waals surface area contributed by atoms with E-state index in [-0.39, 0.29) is 17.0 Å². The van der Waals surface area contributed by atoms with Gasteiger partial charge in [-0.3, -0.25) is 4.79 Å². The molecule has 0 atom stereocenters. The Bertz CT molecular complexity index is 629. The van der Waals surface area contributed by atoms with Gasteiger partial charge in [0.15, 0.2) is 5.78 Å². The van der Waals surface area contributed by atoms with Gasteiger partial charge in [-0.15, -0.1) is 0 Å². The number of hydrogen-bond acceptors (Lipinski definition) is 4. The Kier molecular flexibility index (Phi) is 3.02. The molecule has 22 heavy (non-hydrogen) atoms. The highest BCUT2D eigenvalue weighted by Crippen LogP contribution is 2.43. The Balaban J connectivity index is 1.72. The summed E-state index contributed by atoms with van der Waals surface area (Å²) in [6, 6.07) is 3.95. The van der Waals surface area contributed by atoms with Crippen LogP contribution in [0.4, 0.5) is 0 Å². The quantitative estimate of drug-likeness (QED) is 0.800. The molecular weight excluding hydrogens is 278 g/mol. The van der Waals surface area contributed by atoms with E-state index in [4.69, 9.17) is 9.47 Å². The minimum atomic E-state index is -0.312. The summed E-state index contributed by atoms with van der Waals surface area (Å²) in [6.07, 6.45) is 4.22. The van der Waals surface area contributed by atoms with Gasteiger partial charge in [-0.05, 0) is 51.4 Å². The number of aryl methyl sites for hydroxylation is 1. The van der Waals surface area contributed by atoms with Crippen molar-refractivity contribution in [3.05, 3.63) is 23.3 Å². The van der Waals surface area contributed by atoms with Crippen LogP contribution in [0.3, 0.4) is 0 Å². The summed E-state index contributed by atoms with van der Waals surface area (Å²) in [5.74, 6) is 1.82. The Morgan fingerprint density at radius 1 is 1.05 bits per heavy atom. The zero-order valence-corrected chi connectivity index (χ0v) is 13.3. The van der Waals surface area contributed by atoms with Crippen LogP contribution in [-0.2, 0) is 6.42 Å². The highest BCUT2D eigenvalue weighted by molar-refractivity contribution is 6.00. The molecule has 3 aliphatic rings. The molecular formula is C18H23NO3. The van der Waals surface area contributed by atoms with Crippen molar-refractivity contribution in [3.63, 3.8) is 0 Å². The van der Waals surface area contributed by atoms with Gasteiger partial charge in [-0.25, -0.2) is 0 Å². The van der Waals surface area contributed by atoms with E-state index in [1.807, 2.05) is 12.1 Å². The van der Waals surface area contributed by atoms with Crippen LogP contribution in [0, 0.1) is 0 Å². The van der Waals surface area contributed by atoms with Gasteiger partial charge in [0.1, 0.15) is 22.7 Å². The summed E-state index contributed by atoms with van der Waals surface area (Å²) >= 11 is 0. The number of carbonyl (C=O) groups excluding carboxylic acids is 1. The van der Waals surface area contributed by atoms with Gasteiger partial charge in [-0.2, -0.15) is 0 Å². The van der Waals surface area contributed by atoms with Crippen molar-refractivity contribution in [2.24, 2.45) is 0 Å². The maximum absolute atomic E-state index is 12.6. The van der Waals surface area contributed by atoms with E-state index in [9.17, 15) is 4.79 Å². The van der Waals surface area contributed by atoms with Gasteiger partial charge in [0, 0.05) is 18.9 Å². The van der Waals surface area contributed by atoms with E-state index < -0.39 is 0 Å². The molecule has 0 amide bonds. The van der Waals surface area contributed by atoms with Crippen molar-refractivity contribution < 1.29 is 14.3 Å². The molecule has 0 unspecified atom stereocenters. The Morgan fingerprint density at radius 2 is 1.82 bits per heavy atom. The number of nitrogens with one attached hydrogen (secondary N) is 1. The molecule has 0 aromatic heterocycles. The van der Waals surface area contributed by atoms with Crippen molar-refractivity contribution in [2.45, 2.75) is 57.2 Å². The van der Waals surface area contributed by atoms with Crippen molar-refractivity contribution >= 4 is 5.78 Å². The van der Waals surface area contributed by atoms with Crippen LogP contribution in [0.5, 0.6) is 11.5 Å². The van der Waals surface area contributed by atoms with Gasteiger partial charge < -0.3 is 14.8 Å². The first-order chi connectivity index (χ1) is 10.5. The van der Waals surface area contributed by atoms with Crippen LogP contribution in [-0.4, -0.2) is 30.1 Å². The van der Waals surface area contributed by atoms with Crippen LogP contribution < -0.4 is 14.8 Å². The minimum absolute atomic E-state index is 0.146. The summed E-state index contributed by atoms with van der Waals surface area (Å²) < 4.78 is 12.4. The standard InChI is InChI=1S/C18H23NO3/c1-17(2)4-3-12-9-13-14(20)11-18(5-7-19-8-6-18)22-16(13)10-15(12)21-17/h9-10,19H,3-8,11H2,1-2H3. The number of piperidine rings is 1. The molecule has 0 radical (unpaired) electrons. The minimum Gasteiger partial charge on any atom is -0.487 e. The third-order valence-electron chi connectivity index (χ3n) is 5.17. The predicted octanol–water partition coefficient (Wildman–Crippen LogP) is 2.88. The summed E-state index contributed by atoms with van der Waals surface area (Å²) in [6.45, 7) is 6.04. The van der Waals surface area contributed by atoms with Crippen molar-refractivity contribution in [2.75, 3.05) is 13.1 Å². The van der Waals surface area contributed by atoms with Gasteiger partial charge in [0.2, 0.25) is 0 Å². The predicted molar refractivity (Wildman–Crippen MR) is 83.9 cm³/mol. The first-order valence-corrected chi connectivity index (χ1v) is 8.25. The van der Waals surface area contributed by atoms with Crippen LogP contribution in [0.2, 0.25) is 0 Å². The Labute approximate surface area is 131 Å². The van der Waals surface area contributed by atoms with Crippen molar-refractivity contribution in [1.82, 2.24) is 5.32 Å². The largest absolute Gasteiger partial charge is 0.487 e. The molecule has 0 aliphatic carbocycles. The van der Waals surface area contributed by atoms with E-state index in [1.54, 1.807) is 0 Å². The fraction of sp³-hybridized carbons (Fsp3) is 0.611. The van der Waals surface area contributed by atoms with Gasteiger partial charge in [0.05, 0.1) is 12.0 Å². The molecule has 1 spiro atoms. The van der Waals surface area contributed by atoms with E-state index in [2.05, 4.69) is 19.2 Å². The number of rotatable bonds is 0. The molecule has 4 rings (SSSR count). The first kappa shape index (κ1) is 14.1. The Hall–Kier alpha value is -1.55. The molecule has 1 N–H and O–H groups in total. The van der Waals surface area contributed by atoms with E-state index in [1.165, 1.54) is 0 Å². The number of benzene rings is 1. The molecule has 4 nitrogen and oxygen atoms in total. The van der Waals surface area contributed by atoms with Crippen molar-refractivity contribution in [1.29, 1.82) is 0 Å². The second-order valence-corrected chi connectivity index (χ2v) is 7.45. The molecule has 0 bridgehead atoms. The number of ketones is 1. The molecule has 1 fully saturated rings. The summed E-state index contributed by atoms with van der Waals surface area (Å²) in [5, 5.41) is 3.34. The van der Waals surface area contributed by atoms with Crippen LogP contribution in [0.25, 0.3) is 0 Å². The maximum atomic E-state index is 12.6. The zero-order chi connectivity index (χ0) is 15.4. The zero-order valence-electron chi connectivity index (χ0n) is 13.3. The fourth-order valence-electron chi connectivity index (χ4n) is 3.80. The highest BCUT2D eigenvalue weighted by Gasteiger charge is 2.42. The average molecular weight is 301 g/mol. The topological polar surface area (TPSA) is 47.6 Å². The molecule has 118 valence electrons. The number of fused-ring (bicyclic) bond motifs is 2. The molecule has 1 aromatic carbocycles. The molecule has 1 aromatic rings. The lowest BCUT2D eigenvalue weighted by molar-refractivity contribution is 0.0178. The maximum Gasteiger partial charge on any atom is 0.170 e. The third-order valence-corrected chi connectivity index (χ3v) is 5.17. The first-order valence-electron chi connectivity index (χ1n) is 8.25. The smallest absolute Gasteiger partial charge is 0.170 e. The van der Waals surface area contributed by atoms with Crippen molar-refractivity contribution in [3.8, 4) is 11.5 Å². The SMILES string of the molecule is CC1(C)CCc2cc3c(cc2O1)OC1(CCNCC1)CC3=O. The van der Waals surface area contributed by atoms with E-state index >= 15 is 0 Å². The second-order valence-electron chi connectivity index (χ2n) is 7.45. The lowest BCUT2D eigenvalue weighted by Crippen LogP contribution is -2.49. The Morgan fingerprint density at radius 3 is 2.59 bits per heavy atom. The fourth-order valence-corrected chi connectivity index (χ4v) is 3.80. The number of Topliss-reactive ketones (excluding diaryl/α,β-unsaturated/α-hetero) is 1. The normalized spacial score (nSPS) is 24.9. The lowest BCUT2D eigenvalue weighted by Gasteiger charge is -2.41. The second kappa shape index (κ2) is 4.72. The van der Waals surface area contributed by atoms with E-state index in [0.717, 1.165) is 61.4 Å². The third kappa shape index (κ3) is 2.30. The van der Waals surface area contributed by atoms with Gasteiger partial charge in [0.25, 0.3) is 0 Å². The summed E-state index contributed by atoms with van der Waals surface area (Å²) in [4.78, 5) is 12.6. The molecule has 3 aliphatic heterocycles. The van der Waals surface area contributed by atoms with Crippen LogP contribution >= 0.6 is 0 Å². The summed E-state index contributed by atoms with van der Waals surface area (Å²) in [5.41, 5.74) is 1.42. The molecule has 1 saturated heterocycles. The molecule has 3 heterocycles. The number of hydrogen-bond donors (Lipinski definition) is 1. The monoisotopic (exact) mass is 301 g/mol. The summed E-state index contributed by atoms with van der Waals surface area (Å²) in [7, 11) is 0. The molecule has 4 heteroatoms. The lowest BCUT2D eigenvalue weighted by atomic mass is 9.82. The van der Waals surface area contributed by atoms with E-state index in [0.29, 0.717) is 6.42 Å². The van der Waals surface area contributed by atoms with Crippen LogP contribution in [0.15, 0.2) is 12.1 Å². The molecule has 0 saturated carbocycles. The van der Waals surface area contributed by atoms with Gasteiger partial charge >= 0.3 is 0 Å². The number of ether oxygens (including phenoxy) is 2. The van der Waals surface area contributed by atoms with Gasteiger partial charge in [-0.1, -0.05) is 0 Å². The highest BCUT2D eigenvalue weighted by atomic mass is 16.5.